The summed E-state index contributed by atoms with van der Waals surface area (Å²) in [6.45, 7) is 2.91. The van der Waals surface area contributed by atoms with E-state index in [1.54, 1.807) is 0 Å². The van der Waals surface area contributed by atoms with Crippen molar-refractivity contribution in [3.63, 3.8) is 0 Å². The van der Waals surface area contributed by atoms with Crippen LogP contribution in [0.1, 0.15) is 18.4 Å². The van der Waals surface area contributed by atoms with Crippen molar-refractivity contribution >= 4 is 21.6 Å². The maximum absolute atomic E-state index is 12.6. The molecule has 1 aromatic carbocycles. The van der Waals surface area contributed by atoms with E-state index >= 15 is 0 Å². The minimum Gasteiger partial charge on any atom is -0.373 e. The Balaban J connectivity index is 2.07. The summed E-state index contributed by atoms with van der Waals surface area (Å²) in [7, 11) is 1.93. The summed E-state index contributed by atoms with van der Waals surface area (Å²) in [4.78, 5) is 2.03. The Morgan fingerprint density at radius 1 is 1.30 bits per heavy atom. The van der Waals surface area contributed by atoms with Crippen LogP contribution in [0.5, 0.6) is 0 Å². The molecule has 0 aliphatic carbocycles. The van der Waals surface area contributed by atoms with Crippen LogP contribution in [0, 0.1) is 5.92 Å². The molecule has 112 valence electrons. The molecule has 1 N–H and O–H groups in total. The molecule has 0 bridgehead atoms. The van der Waals surface area contributed by atoms with Gasteiger partial charge in [-0.05, 0) is 66.0 Å². The number of halogens is 4. The minimum absolute atomic E-state index is 0.490. The average Bonchev–Trinajstić information content (AvgIpc) is 2.38. The molecule has 1 fully saturated rings. The maximum atomic E-state index is 12.6. The first-order valence-corrected chi connectivity index (χ1v) is 7.46. The topological polar surface area (TPSA) is 15.3 Å². The molecular weight excluding hydrogens is 333 g/mol. The van der Waals surface area contributed by atoms with Gasteiger partial charge in [0.15, 0.2) is 0 Å². The number of hydrogen-bond acceptors (Lipinski definition) is 2. The summed E-state index contributed by atoms with van der Waals surface area (Å²) in [6, 6.07) is 3.82. The molecule has 0 unspecified atom stereocenters. The second-order valence-electron chi connectivity index (χ2n) is 5.24. The quantitative estimate of drug-likeness (QED) is 0.889. The van der Waals surface area contributed by atoms with E-state index in [-0.39, 0.29) is 0 Å². The third-order valence-electron chi connectivity index (χ3n) is 3.68. The Morgan fingerprint density at radius 3 is 2.50 bits per heavy atom. The first kappa shape index (κ1) is 15.6. The molecule has 1 saturated heterocycles. The molecule has 2 rings (SSSR count). The van der Waals surface area contributed by atoms with Crippen molar-refractivity contribution in [2.45, 2.75) is 19.0 Å². The molecule has 6 heteroatoms. The van der Waals surface area contributed by atoms with E-state index in [0.717, 1.165) is 50.3 Å². The summed E-state index contributed by atoms with van der Waals surface area (Å²) in [6.07, 6.45) is -2.07. The SMILES string of the molecule is CN(CC1CCNCC1)c1ccc(C(F)(F)F)cc1Br. The predicted octanol–water partition coefficient (Wildman–Crippen LogP) is 3.90. The molecule has 0 saturated carbocycles. The van der Waals surface area contributed by atoms with Gasteiger partial charge in [-0.2, -0.15) is 13.2 Å². The van der Waals surface area contributed by atoms with Crippen LogP contribution in [0.15, 0.2) is 22.7 Å². The smallest absolute Gasteiger partial charge is 0.373 e. The van der Waals surface area contributed by atoms with Gasteiger partial charge in [-0.25, -0.2) is 0 Å². The normalized spacial score (nSPS) is 17.2. The highest BCUT2D eigenvalue weighted by atomic mass is 79.9. The van der Waals surface area contributed by atoms with Gasteiger partial charge in [0.2, 0.25) is 0 Å². The lowest BCUT2D eigenvalue weighted by Crippen LogP contribution is -2.34. The zero-order valence-electron chi connectivity index (χ0n) is 11.3. The zero-order chi connectivity index (χ0) is 14.8. The number of hydrogen-bond donors (Lipinski definition) is 1. The summed E-state index contributed by atoms with van der Waals surface area (Å²) in [5.41, 5.74) is 0.180. The van der Waals surface area contributed by atoms with Crippen LogP contribution in [0.25, 0.3) is 0 Å². The van der Waals surface area contributed by atoms with Gasteiger partial charge in [0, 0.05) is 18.1 Å². The van der Waals surface area contributed by atoms with Crippen LogP contribution >= 0.6 is 15.9 Å². The van der Waals surface area contributed by atoms with Crippen LogP contribution in [-0.2, 0) is 6.18 Å². The highest BCUT2D eigenvalue weighted by molar-refractivity contribution is 9.10. The van der Waals surface area contributed by atoms with E-state index in [9.17, 15) is 13.2 Å². The third-order valence-corrected chi connectivity index (χ3v) is 4.31. The number of benzene rings is 1. The van der Waals surface area contributed by atoms with E-state index in [0.29, 0.717) is 10.4 Å². The number of rotatable bonds is 3. The van der Waals surface area contributed by atoms with Crippen LogP contribution in [0.2, 0.25) is 0 Å². The fraction of sp³-hybridized carbons (Fsp3) is 0.571. The molecule has 0 atom stereocenters. The van der Waals surface area contributed by atoms with Crippen molar-refractivity contribution < 1.29 is 13.2 Å². The molecule has 0 aromatic heterocycles. The van der Waals surface area contributed by atoms with E-state index in [2.05, 4.69) is 21.2 Å². The van der Waals surface area contributed by atoms with Gasteiger partial charge >= 0.3 is 6.18 Å². The Hall–Kier alpha value is -0.750. The summed E-state index contributed by atoms with van der Waals surface area (Å²) < 4.78 is 38.4. The molecule has 1 heterocycles. The van der Waals surface area contributed by atoms with E-state index in [4.69, 9.17) is 0 Å². The average molecular weight is 351 g/mol. The minimum atomic E-state index is -4.30. The molecule has 0 amide bonds. The van der Waals surface area contributed by atoms with Crippen LogP contribution < -0.4 is 10.2 Å². The number of nitrogens with zero attached hydrogens (tertiary/aromatic N) is 1. The Bertz CT molecular complexity index is 456. The number of anilines is 1. The Labute approximate surface area is 125 Å². The molecule has 0 radical (unpaired) electrons. The number of piperidine rings is 1. The molecule has 1 aromatic rings. The van der Waals surface area contributed by atoms with Crippen LogP contribution in [0.4, 0.5) is 18.9 Å². The predicted molar refractivity (Wildman–Crippen MR) is 78.0 cm³/mol. The van der Waals surface area contributed by atoms with Crippen molar-refractivity contribution in [2.75, 3.05) is 31.6 Å². The van der Waals surface area contributed by atoms with E-state index < -0.39 is 11.7 Å². The number of nitrogens with one attached hydrogen (secondary N) is 1. The Morgan fingerprint density at radius 2 is 1.95 bits per heavy atom. The molecular formula is C14H18BrF3N2. The molecule has 2 nitrogen and oxygen atoms in total. The van der Waals surface area contributed by atoms with Crippen molar-refractivity contribution in [1.82, 2.24) is 5.32 Å². The molecule has 1 aliphatic rings. The lowest BCUT2D eigenvalue weighted by Gasteiger charge is -2.29. The first-order chi connectivity index (χ1) is 9.38. The highest BCUT2D eigenvalue weighted by Crippen LogP contribution is 2.35. The third kappa shape index (κ3) is 3.88. The maximum Gasteiger partial charge on any atom is 0.416 e. The monoisotopic (exact) mass is 350 g/mol. The van der Waals surface area contributed by atoms with Gasteiger partial charge in [-0.3, -0.25) is 0 Å². The van der Waals surface area contributed by atoms with Gasteiger partial charge in [-0.1, -0.05) is 0 Å². The molecule has 0 spiro atoms. The summed E-state index contributed by atoms with van der Waals surface area (Å²) in [5, 5.41) is 3.31. The largest absolute Gasteiger partial charge is 0.416 e. The van der Waals surface area contributed by atoms with Crippen LogP contribution in [-0.4, -0.2) is 26.7 Å². The fourth-order valence-electron chi connectivity index (χ4n) is 2.54. The summed E-state index contributed by atoms with van der Waals surface area (Å²) in [5.74, 6) is 0.593. The van der Waals surface area contributed by atoms with Crippen molar-refractivity contribution in [3.8, 4) is 0 Å². The van der Waals surface area contributed by atoms with Gasteiger partial charge < -0.3 is 10.2 Å². The second kappa shape index (κ2) is 6.35. The standard InChI is InChI=1S/C14H18BrF3N2/c1-20(9-10-4-6-19-7-5-10)13-3-2-11(8-12(13)15)14(16,17)18/h2-3,8,10,19H,4-7,9H2,1H3. The Kier molecular flexibility index (Phi) is 4.96. The number of alkyl halides is 3. The van der Waals surface area contributed by atoms with Gasteiger partial charge in [0.1, 0.15) is 0 Å². The van der Waals surface area contributed by atoms with Crippen molar-refractivity contribution in [3.05, 3.63) is 28.2 Å². The summed E-state index contributed by atoms with van der Waals surface area (Å²) >= 11 is 3.25. The van der Waals surface area contributed by atoms with Crippen molar-refractivity contribution in [2.24, 2.45) is 5.92 Å². The van der Waals surface area contributed by atoms with Gasteiger partial charge in [0.05, 0.1) is 11.3 Å². The zero-order valence-corrected chi connectivity index (χ0v) is 12.9. The first-order valence-electron chi connectivity index (χ1n) is 6.66. The van der Waals surface area contributed by atoms with Gasteiger partial charge in [0.25, 0.3) is 0 Å². The molecule has 20 heavy (non-hydrogen) atoms. The second-order valence-corrected chi connectivity index (χ2v) is 6.09. The highest BCUT2D eigenvalue weighted by Gasteiger charge is 2.31. The van der Waals surface area contributed by atoms with Gasteiger partial charge in [-0.15, -0.1) is 0 Å². The van der Waals surface area contributed by atoms with Crippen LogP contribution in [0.3, 0.4) is 0 Å². The lowest BCUT2D eigenvalue weighted by molar-refractivity contribution is -0.137. The van der Waals surface area contributed by atoms with Crippen molar-refractivity contribution in [1.29, 1.82) is 0 Å². The van der Waals surface area contributed by atoms with E-state index in [1.807, 2.05) is 11.9 Å². The van der Waals surface area contributed by atoms with E-state index in [1.165, 1.54) is 6.07 Å². The fourth-order valence-corrected chi connectivity index (χ4v) is 3.22. The molecule has 1 aliphatic heterocycles. The lowest BCUT2D eigenvalue weighted by atomic mass is 9.97.